The molecule has 25 heavy (non-hydrogen) atoms. The maximum atomic E-state index is 4.77. The lowest BCUT2D eigenvalue weighted by Gasteiger charge is -2.28. The predicted molar refractivity (Wildman–Crippen MR) is 122 cm³/mol. The molecule has 2 N–H and O–H groups in total. The van der Waals surface area contributed by atoms with E-state index in [4.69, 9.17) is 4.99 Å². The number of nitrogens with one attached hydrogen (secondary N) is 2. The van der Waals surface area contributed by atoms with Crippen LogP contribution in [0.5, 0.6) is 0 Å². The molecule has 3 rings (SSSR count). The highest BCUT2D eigenvalue weighted by molar-refractivity contribution is 14.0. The second-order valence-corrected chi connectivity index (χ2v) is 7.81. The van der Waals surface area contributed by atoms with Crippen molar-refractivity contribution in [2.45, 2.75) is 45.2 Å². The SMILES string of the molecule is CCNC(=NCc1ccc(N2CCSCC2)cc1)NC1CCCC1.I. The van der Waals surface area contributed by atoms with Crippen LogP contribution in [0.3, 0.4) is 0 Å². The van der Waals surface area contributed by atoms with Crippen molar-refractivity contribution in [3.63, 3.8) is 0 Å². The predicted octanol–water partition coefficient (Wildman–Crippen LogP) is 3.86. The van der Waals surface area contributed by atoms with Gasteiger partial charge in [0.25, 0.3) is 0 Å². The van der Waals surface area contributed by atoms with Gasteiger partial charge >= 0.3 is 0 Å². The van der Waals surface area contributed by atoms with Gasteiger partial charge in [0.05, 0.1) is 6.54 Å². The molecule has 1 saturated heterocycles. The highest BCUT2D eigenvalue weighted by Crippen LogP contribution is 2.20. The molecule has 0 aromatic heterocycles. The zero-order chi connectivity index (χ0) is 16.6. The molecule has 1 aromatic carbocycles. The van der Waals surface area contributed by atoms with Crippen LogP contribution in [0.4, 0.5) is 5.69 Å². The number of guanidine groups is 1. The Hall–Kier alpha value is -0.630. The van der Waals surface area contributed by atoms with E-state index in [-0.39, 0.29) is 24.0 Å². The van der Waals surface area contributed by atoms with Crippen LogP contribution < -0.4 is 15.5 Å². The van der Waals surface area contributed by atoms with E-state index in [2.05, 4.69) is 58.5 Å². The third-order valence-electron chi connectivity index (χ3n) is 4.77. The summed E-state index contributed by atoms with van der Waals surface area (Å²) in [6.45, 7) is 6.09. The molecule has 4 nitrogen and oxygen atoms in total. The molecule has 6 heteroatoms. The first kappa shape index (κ1) is 20.7. The third kappa shape index (κ3) is 6.55. The molecule has 2 fully saturated rings. The molecule has 0 bridgehead atoms. The van der Waals surface area contributed by atoms with Crippen molar-refractivity contribution >= 4 is 47.4 Å². The number of halogens is 1. The Bertz CT molecular complexity index is 523. The smallest absolute Gasteiger partial charge is 0.191 e. The van der Waals surface area contributed by atoms with Crippen LogP contribution >= 0.6 is 35.7 Å². The summed E-state index contributed by atoms with van der Waals surface area (Å²) in [7, 11) is 0. The molecule has 1 aliphatic carbocycles. The Morgan fingerprint density at radius 2 is 1.84 bits per heavy atom. The zero-order valence-corrected chi connectivity index (χ0v) is 18.3. The van der Waals surface area contributed by atoms with Crippen LogP contribution in [0.1, 0.15) is 38.2 Å². The number of anilines is 1. The summed E-state index contributed by atoms with van der Waals surface area (Å²) in [5, 5.41) is 6.95. The van der Waals surface area contributed by atoms with E-state index in [1.807, 2.05) is 0 Å². The Morgan fingerprint density at radius 1 is 1.16 bits per heavy atom. The van der Waals surface area contributed by atoms with E-state index in [1.165, 1.54) is 48.4 Å². The number of hydrogen-bond acceptors (Lipinski definition) is 3. The van der Waals surface area contributed by atoms with E-state index in [1.54, 1.807) is 0 Å². The minimum absolute atomic E-state index is 0. The van der Waals surface area contributed by atoms with E-state index in [0.29, 0.717) is 6.04 Å². The fraction of sp³-hybridized carbons (Fsp3) is 0.632. The molecule has 1 heterocycles. The molecule has 2 aliphatic rings. The summed E-state index contributed by atoms with van der Waals surface area (Å²) < 4.78 is 0. The van der Waals surface area contributed by atoms with Gasteiger partial charge in [0.1, 0.15) is 0 Å². The third-order valence-corrected chi connectivity index (χ3v) is 5.72. The first-order chi connectivity index (χ1) is 11.8. The summed E-state index contributed by atoms with van der Waals surface area (Å²) in [6, 6.07) is 9.54. The molecule has 0 atom stereocenters. The maximum Gasteiger partial charge on any atom is 0.191 e. The molecule has 0 spiro atoms. The van der Waals surface area contributed by atoms with Gasteiger partial charge in [-0.05, 0) is 37.5 Å². The summed E-state index contributed by atoms with van der Waals surface area (Å²) in [4.78, 5) is 7.25. The highest BCUT2D eigenvalue weighted by Gasteiger charge is 2.15. The number of aliphatic imine (C=N–C) groups is 1. The van der Waals surface area contributed by atoms with Gasteiger partial charge in [-0.15, -0.1) is 24.0 Å². The standard InChI is InChI=1S/C19H30N4S.HI/c1-2-20-19(22-17-5-3-4-6-17)21-15-16-7-9-18(10-8-16)23-11-13-24-14-12-23;/h7-10,17H,2-6,11-15H2,1H3,(H2,20,21,22);1H. The Balaban J connectivity index is 0.00000225. The fourth-order valence-electron chi connectivity index (χ4n) is 3.39. The first-order valence-electron chi connectivity index (χ1n) is 9.31. The molecule has 0 unspecified atom stereocenters. The van der Waals surface area contributed by atoms with Crippen molar-refractivity contribution in [3.05, 3.63) is 29.8 Å². The van der Waals surface area contributed by atoms with Crippen LogP contribution in [0.15, 0.2) is 29.3 Å². The van der Waals surface area contributed by atoms with Gasteiger partial charge in [-0.1, -0.05) is 25.0 Å². The van der Waals surface area contributed by atoms with Gasteiger partial charge in [0.15, 0.2) is 5.96 Å². The first-order valence-corrected chi connectivity index (χ1v) is 10.5. The van der Waals surface area contributed by atoms with E-state index in [9.17, 15) is 0 Å². The van der Waals surface area contributed by atoms with E-state index >= 15 is 0 Å². The van der Waals surface area contributed by atoms with E-state index in [0.717, 1.165) is 32.1 Å². The van der Waals surface area contributed by atoms with Gasteiger partial charge in [-0.3, -0.25) is 0 Å². The molecular formula is C19H31IN4S. The summed E-state index contributed by atoms with van der Waals surface area (Å²) in [5.41, 5.74) is 2.62. The second-order valence-electron chi connectivity index (χ2n) is 6.59. The van der Waals surface area contributed by atoms with Gasteiger partial charge in [-0.2, -0.15) is 11.8 Å². The monoisotopic (exact) mass is 474 g/mol. The quantitative estimate of drug-likeness (QED) is 0.387. The summed E-state index contributed by atoms with van der Waals surface area (Å²) in [5.74, 6) is 3.44. The number of thioether (sulfide) groups is 1. The van der Waals surface area contributed by atoms with Crippen LogP contribution in [-0.2, 0) is 6.54 Å². The van der Waals surface area contributed by atoms with Crippen molar-refractivity contribution < 1.29 is 0 Å². The van der Waals surface area contributed by atoms with Gasteiger partial charge in [0.2, 0.25) is 0 Å². The minimum atomic E-state index is 0. The Kier molecular flexibility index (Phi) is 9.23. The average molecular weight is 474 g/mol. The fourth-order valence-corrected chi connectivity index (χ4v) is 4.29. The van der Waals surface area contributed by atoms with Crippen LogP contribution in [-0.4, -0.2) is 43.1 Å². The lowest BCUT2D eigenvalue weighted by molar-refractivity contribution is 0.614. The lowest BCUT2D eigenvalue weighted by Crippen LogP contribution is -2.42. The molecule has 1 aromatic rings. The maximum absolute atomic E-state index is 4.77. The lowest BCUT2D eigenvalue weighted by atomic mass is 10.2. The number of hydrogen-bond donors (Lipinski definition) is 2. The van der Waals surface area contributed by atoms with Gasteiger partial charge in [0, 0.05) is 42.9 Å². The van der Waals surface area contributed by atoms with E-state index < -0.39 is 0 Å². The van der Waals surface area contributed by atoms with Crippen LogP contribution in [0.2, 0.25) is 0 Å². The average Bonchev–Trinajstić information content (AvgIpc) is 3.14. The molecule has 1 saturated carbocycles. The molecule has 140 valence electrons. The van der Waals surface area contributed by atoms with Gasteiger partial charge < -0.3 is 15.5 Å². The van der Waals surface area contributed by atoms with Crippen LogP contribution in [0.25, 0.3) is 0 Å². The van der Waals surface area contributed by atoms with Crippen molar-refractivity contribution in [1.29, 1.82) is 0 Å². The Labute approximate surface area is 173 Å². The van der Waals surface area contributed by atoms with Gasteiger partial charge in [-0.25, -0.2) is 4.99 Å². The topological polar surface area (TPSA) is 39.7 Å². The van der Waals surface area contributed by atoms with Crippen LogP contribution in [0, 0.1) is 0 Å². The Morgan fingerprint density at radius 3 is 2.48 bits per heavy atom. The van der Waals surface area contributed by atoms with Crippen molar-refractivity contribution in [3.8, 4) is 0 Å². The summed E-state index contributed by atoms with van der Waals surface area (Å²) in [6.07, 6.45) is 5.22. The molecule has 1 aliphatic heterocycles. The molecule has 0 amide bonds. The number of rotatable bonds is 5. The largest absolute Gasteiger partial charge is 0.370 e. The highest BCUT2D eigenvalue weighted by atomic mass is 127. The molecular weight excluding hydrogens is 443 g/mol. The summed E-state index contributed by atoms with van der Waals surface area (Å²) >= 11 is 2.05. The van der Waals surface area contributed by atoms with Crippen molar-refractivity contribution in [1.82, 2.24) is 10.6 Å². The van der Waals surface area contributed by atoms with Crippen molar-refractivity contribution in [2.75, 3.05) is 36.0 Å². The number of nitrogens with zero attached hydrogens (tertiary/aromatic N) is 2. The molecule has 0 radical (unpaired) electrons. The zero-order valence-electron chi connectivity index (χ0n) is 15.2. The minimum Gasteiger partial charge on any atom is -0.370 e. The van der Waals surface area contributed by atoms with Crippen molar-refractivity contribution in [2.24, 2.45) is 4.99 Å². The number of benzene rings is 1. The normalized spacial score (nSPS) is 18.8. The second kappa shape index (κ2) is 11.2.